The van der Waals surface area contributed by atoms with Crippen molar-refractivity contribution in [2.75, 3.05) is 25.6 Å². The van der Waals surface area contributed by atoms with E-state index in [0.717, 1.165) is 41.7 Å². The highest BCUT2D eigenvalue weighted by molar-refractivity contribution is 5.79. The summed E-state index contributed by atoms with van der Waals surface area (Å²) in [5, 5.41) is 20.7. The van der Waals surface area contributed by atoms with Crippen molar-refractivity contribution in [2.24, 2.45) is 4.99 Å². The van der Waals surface area contributed by atoms with Gasteiger partial charge in [-0.15, -0.1) is 0 Å². The number of fused-ring (bicyclic) bond motifs is 1. The first-order chi connectivity index (χ1) is 16.2. The lowest BCUT2D eigenvalue weighted by molar-refractivity contribution is 0.174. The number of aromatic nitrogens is 2. The lowest BCUT2D eigenvalue weighted by Gasteiger charge is -2.11. The number of aliphatic imine (C=N–C) groups is 1. The number of benzene rings is 2. The van der Waals surface area contributed by atoms with Gasteiger partial charge in [-0.25, -0.2) is 9.67 Å². The van der Waals surface area contributed by atoms with Gasteiger partial charge in [0.2, 0.25) is 6.79 Å². The third kappa shape index (κ3) is 5.18. The number of nitrogens with two attached hydrogens (primary N) is 1. The molecule has 4 rings (SSSR count). The van der Waals surface area contributed by atoms with Gasteiger partial charge < -0.3 is 25.8 Å². The first kappa shape index (κ1) is 22.0. The molecule has 170 valence electrons. The Hall–Kier alpha value is -4.19. The Bertz CT molecular complexity index is 1170. The largest absolute Gasteiger partial charge is 0.454 e. The van der Waals surface area contributed by atoms with Crippen LogP contribution in [-0.2, 0) is 13.0 Å². The molecule has 0 atom stereocenters. The van der Waals surface area contributed by atoms with Crippen LogP contribution in [0.2, 0.25) is 0 Å². The Kier molecular flexibility index (Phi) is 6.95. The normalized spacial score (nSPS) is 12.4. The molecule has 1 aromatic heterocycles. The molecule has 1 aliphatic rings. The van der Waals surface area contributed by atoms with Gasteiger partial charge in [-0.2, -0.15) is 10.4 Å². The summed E-state index contributed by atoms with van der Waals surface area (Å²) in [6.45, 7) is 4.23. The standard InChI is InChI=1S/C24H27N7O2/c1-2-27-24(29-15-17-10-11-21-22(13-17)33-16-32-21)28-12-6-9-20-19(14-25)23(26)31(30-20)18-7-4-3-5-8-18/h3-5,7-8,10-11,13H,2,6,9,12,15-16,26H2,1H3,(H2,27,28,29). The summed E-state index contributed by atoms with van der Waals surface area (Å²) in [5.41, 5.74) is 9.19. The van der Waals surface area contributed by atoms with E-state index < -0.39 is 0 Å². The maximum atomic E-state index is 9.57. The van der Waals surface area contributed by atoms with Crippen molar-refractivity contribution in [3.05, 3.63) is 65.4 Å². The molecule has 33 heavy (non-hydrogen) atoms. The van der Waals surface area contributed by atoms with E-state index in [0.29, 0.717) is 36.6 Å². The number of ether oxygens (including phenoxy) is 2. The molecule has 3 aromatic rings. The third-order valence-electron chi connectivity index (χ3n) is 5.19. The lowest BCUT2D eigenvalue weighted by atomic mass is 10.1. The Morgan fingerprint density at radius 1 is 1.18 bits per heavy atom. The molecule has 0 aliphatic carbocycles. The number of anilines is 1. The van der Waals surface area contributed by atoms with E-state index in [2.05, 4.69) is 26.8 Å². The molecule has 0 spiro atoms. The molecule has 0 saturated heterocycles. The van der Waals surface area contributed by atoms with Crippen molar-refractivity contribution in [1.29, 1.82) is 5.26 Å². The van der Waals surface area contributed by atoms with Gasteiger partial charge in [0.25, 0.3) is 0 Å². The molecule has 9 nitrogen and oxygen atoms in total. The fourth-order valence-corrected chi connectivity index (χ4v) is 3.56. The van der Waals surface area contributed by atoms with Crippen LogP contribution in [0.4, 0.5) is 5.82 Å². The van der Waals surface area contributed by atoms with E-state index in [1.54, 1.807) is 4.68 Å². The molecule has 0 saturated carbocycles. The molecule has 0 amide bonds. The zero-order chi connectivity index (χ0) is 23.0. The van der Waals surface area contributed by atoms with Crippen molar-refractivity contribution in [3.63, 3.8) is 0 Å². The van der Waals surface area contributed by atoms with E-state index >= 15 is 0 Å². The minimum Gasteiger partial charge on any atom is -0.454 e. The van der Waals surface area contributed by atoms with Crippen LogP contribution in [0, 0.1) is 11.3 Å². The fraction of sp³-hybridized carbons (Fsp3) is 0.292. The Balaban J connectivity index is 1.35. The molecule has 1 aliphatic heterocycles. The zero-order valence-electron chi connectivity index (χ0n) is 18.5. The highest BCUT2D eigenvalue weighted by Crippen LogP contribution is 2.32. The van der Waals surface area contributed by atoms with Crippen LogP contribution in [-0.4, -0.2) is 35.6 Å². The molecule has 9 heteroatoms. The van der Waals surface area contributed by atoms with Crippen LogP contribution >= 0.6 is 0 Å². The summed E-state index contributed by atoms with van der Waals surface area (Å²) < 4.78 is 12.4. The molecule has 0 radical (unpaired) electrons. The van der Waals surface area contributed by atoms with E-state index in [9.17, 15) is 5.26 Å². The average Bonchev–Trinajstić information content (AvgIpc) is 3.44. The monoisotopic (exact) mass is 445 g/mol. The van der Waals surface area contributed by atoms with E-state index in [1.165, 1.54) is 0 Å². The van der Waals surface area contributed by atoms with Gasteiger partial charge in [0.1, 0.15) is 17.5 Å². The second-order valence-corrected chi connectivity index (χ2v) is 7.48. The Morgan fingerprint density at radius 3 is 2.79 bits per heavy atom. The summed E-state index contributed by atoms with van der Waals surface area (Å²) in [6, 6.07) is 17.6. The second-order valence-electron chi connectivity index (χ2n) is 7.48. The van der Waals surface area contributed by atoms with Gasteiger partial charge in [-0.1, -0.05) is 24.3 Å². The molecule has 2 heterocycles. The van der Waals surface area contributed by atoms with Crippen molar-refractivity contribution in [1.82, 2.24) is 20.4 Å². The summed E-state index contributed by atoms with van der Waals surface area (Å²) in [5.74, 6) is 2.61. The quantitative estimate of drug-likeness (QED) is 0.277. The predicted octanol–water partition coefficient (Wildman–Crippen LogP) is 2.74. The summed E-state index contributed by atoms with van der Waals surface area (Å²) in [4.78, 5) is 4.65. The minimum atomic E-state index is 0.259. The number of nitriles is 1. The number of guanidine groups is 1. The zero-order valence-corrected chi connectivity index (χ0v) is 18.5. The average molecular weight is 446 g/mol. The smallest absolute Gasteiger partial charge is 0.231 e. The lowest BCUT2D eigenvalue weighted by Crippen LogP contribution is -2.37. The van der Waals surface area contributed by atoms with E-state index in [1.807, 2.05) is 55.5 Å². The number of rotatable bonds is 8. The first-order valence-electron chi connectivity index (χ1n) is 10.9. The number of hydrogen-bond donors (Lipinski definition) is 3. The molecule has 0 bridgehead atoms. The van der Waals surface area contributed by atoms with Gasteiger partial charge in [0.15, 0.2) is 17.5 Å². The molecular formula is C24H27N7O2. The van der Waals surface area contributed by atoms with Gasteiger partial charge in [0, 0.05) is 13.1 Å². The summed E-state index contributed by atoms with van der Waals surface area (Å²) >= 11 is 0. The van der Waals surface area contributed by atoms with Crippen molar-refractivity contribution in [3.8, 4) is 23.3 Å². The van der Waals surface area contributed by atoms with E-state index in [-0.39, 0.29) is 6.79 Å². The number of nitrogens with zero attached hydrogens (tertiary/aromatic N) is 4. The van der Waals surface area contributed by atoms with Crippen LogP contribution < -0.4 is 25.8 Å². The molecule has 2 aromatic carbocycles. The molecule has 0 unspecified atom stereocenters. The summed E-state index contributed by atoms with van der Waals surface area (Å²) in [7, 11) is 0. The number of nitrogens with one attached hydrogen (secondary N) is 2. The van der Waals surface area contributed by atoms with Crippen molar-refractivity contribution in [2.45, 2.75) is 26.3 Å². The highest BCUT2D eigenvalue weighted by atomic mass is 16.7. The van der Waals surface area contributed by atoms with Gasteiger partial charge in [-0.3, -0.25) is 0 Å². The molecule has 4 N–H and O–H groups in total. The van der Waals surface area contributed by atoms with Gasteiger partial charge in [-0.05, 0) is 49.6 Å². The highest BCUT2D eigenvalue weighted by Gasteiger charge is 2.16. The van der Waals surface area contributed by atoms with Crippen LogP contribution in [0.1, 0.15) is 30.2 Å². The number of aryl methyl sites for hydroxylation is 1. The third-order valence-corrected chi connectivity index (χ3v) is 5.19. The number of nitrogen functional groups attached to an aromatic ring is 1. The summed E-state index contributed by atoms with van der Waals surface area (Å²) in [6.07, 6.45) is 1.40. The van der Waals surface area contributed by atoms with Crippen LogP contribution in [0.5, 0.6) is 11.5 Å². The number of hydrogen-bond acceptors (Lipinski definition) is 6. The molecule has 0 fully saturated rings. The van der Waals surface area contributed by atoms with Crippen LogP contribution in [0.25, 0.3) is 5.69 Å². The Labute approximate surface area is 192 Å². The maximum absolute atomic E-state index is 9.57. The fourth-order valence-electron chi connectivity index (χ4n) is 3.56. The maximum Gasteiger partial charge on any atom is 0.231 e. The van der Waals surface area contributed by atoms with Crippen molar-refractivity contribution < 1.29 is 9.47 Å². The van der Waals surface area contributed by atoms with E-state index in [4.69, 9.17) is 15.2 Å². The van der Waals surface area contributed by atoms with Gasteiger partial charge in [0.05, 0.1) is 17.9 Å². The Morgan fingerprint density at radius 2 is 2.00 bits per heavy atom. The van der Waals surface area contributed by atoms with Crippen LogP contribution in [0.15, 0.2) is 53.5 Å². The first-order valence-corrected chi connectivity index (χ1v) is 10.9. The number of para-hydroxylation sites is 1. The predicted molar refractivity (Wildman–Crippen MR) is 126 cm³/mol. The topological polar surface area (TPSA) is 123 Å². The molecular weight excluding hydrogens is 418 g/mol. The van der Waals surface area contributed by atoms with Crippen molar-refractivity contribution >= 4 is 11.8 Å². The second kappa shape index (κ2) is 10.4. The SMILES string of the molecule is CCNC(=NCc1ccc2c(c1)OCO2)NCCCc1nn(-c2ccccc2)c(N)c1C#N. The minimum absolute atomic E-state index is 0.259. The van der Waals surface area contributed by atoms with Gasteiger partial charge >= 0.3 is 0 Å². The van der Waals surface area contributed by atoms with Crippen LogP contribution in [0.3, 0.4) is 0 Å².